The average Bonchev–Trinajstić information content (AvgIpc) is 2.37. The summed E-state index contributed by atoms with van der Waals surface area (Å²) in [5.41, 5.74) is 0.741. The number of hydrogen-bond acceptors (Lipinski definition) is 4. The molecule has 0 aliphatic carbocycles. The van der Waals surface area contributed by atoms with Crippen LogP contribution in [0, 0.1) is 10.1 Å². The minimum Gasteiger partial charge on any atom is -0.463 e. The lowest BCUT2D eigenvalue weighted by atomic mass is 10.2. The molecule has 0 spiro atoms. The summed E-state index contributed by atoms with van der Waals surface area (Å²) in [5.74, 6) is -0.401. The predicted molar refractivity (Wildman–Crippen MR) is 68.0 cm³/mol. The van der Waals surface area contributed by atoms with E-state index >= 15 is 0 Å². The number of benzene rings is 1. The highest BCUT2D eigenvalue weighted by Gasteiger charge is 2.02. The number of non-ortho nitro benzene ring substituents is 1. The van der Waals surface area contributed by atoms with Gasteiger partial charge in [-0.1, -0.05) is 13.3 Å². The van der Waals surface area contributed by atoms with Crippen molar-refractivity contribution in [3.05, 3.63) is 46.0 Å². The Morgan fingerprint density at radius 2 is 2.06 bits per heavy atom. The highest BCUT2D eigenvalue weighted by molar-refractivity contribution is 5.87. The van der Waals surface area contributed by atoms with Crippen LogP contribution in [0.4, 0.5) is 5.69 Å². The van der Waals surface area contributed by atoms with Crippen molar-refractivity contribution in [2.75, 3.05) is 6.61 Å². The lowest BCUT2D eigenvalue weighted by Gasteiger charge is -1.99. The van der Waals surface area contributed by atoms with Gasteiger partial charge in [0.05, 0.1) is 11.5 Å². The number of unbranched alkanes of at least 4 members (excludes halogenated alkanes) is 1. The van der Waals surface area contributed by atoms with Gasteiger partial charge in [0.2, 0.25) is 0 Å². The Balaban J connectivity index is 2.51. The van der Waals surface area contributed by atoms with E-state index in [0.29, 0.717) is 12.2 Å². The van der Waals surface area contributed by atoms with Gasteiger partial charge in [0, 0.05) is 18.2 Å². The molecule has 0 heterocycles. The number of hydrogen-bond donors (Lipinski definition) is 0. The van der Waals surface area contributed by atoms with E-state index in [2.05, 4.69) is 0 Å². The van der Waals surface area contributed by atoms with Crippen molar-refractivity contribution in [1.29, 1.82) is 0 Å². The van der Waals surface area contributed by atoms with Crippen LogP contribution in [-0.4, -0.2) is 17.5 Å². The van der Waals surface area contributed by atoms with Crippen LogP contribution in [0.15, 0.2) is 30.3 Å². The highest BCUT2D eigenvalue weighted by atomic mass is 16.6. The van der Waals surface area contributed by atoms with Gasteiger partial charge in [-0.3, -0.25) is 10.1 Å². The number of carbonyl (C=O) groups excluding carboxylic acids is 1. The molecule has 0 saturated carbocycles. The molecule has 0 amide bonds. The van der Waals surface area contributed by atoms with E-state index in [0.717, 1.165) is 12.8 Å². The van der Waals surface area contributed by atoms with Crippen LogP contribution in [0.25, 0.3) is 6.08 Å². The molecule has 18 heavy (non-hydrogen) atoms. The fourth-order valence-electron chi connectivity index (χ4n) is 1.24. The average molecular weight is 249 g/mol. The summed E-state index contributed by atoms with van der Waals surface area (Å²) < 4.78 is 4.93. The molecule has 0 bridgehead atoms. The molecule has 0 radical (unpaired) electrons. The molecule has 1 rings (SSSR count). The summed E-state index contributed by atoms with van der Waals surface area (Å²) in [6, 6.07) is 5.94. The summed E-state index contributed by atoms with van der Waals surface area (Å²) in [4.78, 5) is 21.2. The molecule has 0 unspecified atom stereocenters. The zero-order valence-corrected chi connectivity index (χ0v) is 10.2. The Hall–Kier alpha value is -2.17. The van der Waals surface area contributed by atoms with Crippen molar-refractivity contribution in [1.82, 2.24) is 0 Å². The Morgan fingerprint density at radius 1 is 1.39 bits per heavy atom. The van der Waals surface area contributed by atoms with Gasteiger partial charge >= 0.3 is 5.97 Å². The summed E-state index contributed by atoms with van der Waals surface area (Å²) in [6.45, 7) is 2.43. The molecule has 0 saturated heterocycles. The van der Waals surface area contributed by atoms with Crippen molar-refractivity contribution >= 4 is 17.7 Å². The molecule has 0 fully saturated rings. The largest absolute Gasteiger partial charge is 0.463 e. The molecule has 0 aliphatic rings. The predicted octanol–water partition coefficient (Wildman–Crippen LogP) is 2.95. The SMILES string of the molecule is CCCCOC(=O)C=Cc1ccc([N+](=O)[O-])cc1. The van der Waals surface area contributed by atoms with Gasteiger partial charge in [-0.05, 0) is 30.2 Å². The topological polar surface area (TPSA) is 69.4 Å². The van der Waals surface area contributed by atoms with E-state index in [4.69, 9.17) is 4.74 Å². The standard InChI is InChI=1S/C13H15NO4/c1-2-3-10-18-13(15)9-6-11-4-7-12(8-5-11)14(16)17/h4-9H,2-3,10H2,1H3. The second-order valence-corrected chi connectivity index (χ2v) is 3.70. The van der Waals surface area contributed by atoms with Crippen LogP contribution in [0.5, 0.6) is 0 Å². The first-order valence-corrected chi connectivity index (χ1v) is 5.72. The number of rotatable bonds is 6. The van der Waals surface area contributed by atoms with Gasteiger partial charge in [-0.2, -0.15) is 0 Å². The van der Waals surface area contributed by atoms with Crippen LogP contribution in [0.3, 0.4) is 0 Å². The molecule has 1 aromatic rings. The number of esters is 1. The van der Waals surface area contributed by atoms with Crippen LogP contribution in [0.2, 0.25) is 0 Å². The number of nitro groups is 1. The number of nitrogens with zero attached hydrogens (tertiary/aromatic N) is 1. The molecule has 96 valence electrons. The zero-order valence-electron chi connectivity index (χ0n) is 10.2. The molecule has 1 aromatic carbocycles. The van der Waals surface area contributed by atoms with E-state index in [9.17, 15) is 14.9 Å². The second-order valence-electron chi connectivity index (χ2n) is 3.70. The van der Waals surface area contributed by atoms with Crippen molar-refractivity contribution < 1.29 is 14.5 Å². The first kappa shape index (κ1) is 13.9. The molecule has 0 aromatic heterocycles. The molecule has 5 heteroatoms. The molecular weight excluding hydrogens is 234 g/mol. The summed E-state index contributed by atoms with van der Waals surface area (Å²) in [6.07, 6.45) is 4.70. The molecule has 0 N–H and O–H groups in total. The van der Waals surface area contributed by atoms with E-state index in [-0.39, 0.29) is 5.69 Å². The fraction of sp³-hybridized carbons (Fsp3) is 0.308. The Bertz CT molecular complexity index is 437. The van der Waals surface area contributed by atoms with Crippen LogP contribution < -0.4 is 0 Å². The molecule has 0 atom stereocenters. The quantitative estimate of drug-likeness (QED) is 0.255. The maximum absolute atomic E-state index is 11.2. The smallest absolute Gasteiger partial charge is 0.330 e. The van der Waals surface area contributed by atoms with Gasteiger partial charge in [0.25, 0.3) is 5.69 Å². The maximum atomic E-state index is 11.2. The number of nitro benzene ring substituents is 1. The zero-order chi connectivity index (χ0) is 13.4. The fourth-order valence-corrected chi connectivity index (χ4v) is 1.24. The highest BCUT2D eigenvalue weighted by Crippen LogP contribution is 2.12. The minimum absolute atomic E-state index is 0.0256. The number of carbonyl (C=O) groups is 1. The van der Waals surface area contributed by atoms with Gasteiger partial charge in [-0.25, -0.2) is 4.79 Å². The third-order valence-electron chi connectivity index (χ3n) is 2.26. The summed E-state index contributed by atoms with van der Waals surface area (Å²) in [5, 5.41) is 10.4. The van der Waals surface area contributed by atoms with Crippen molar-refractivity contribution in [2.24, 2.45) is 0 Å². The molecule has 5 nitrogen and oxygen atoms in total. The van der Waals surface area contributed by atoms with Crippen LogP contribution in [0.1, 0.15) is 25.3 Å². The first-order chi connectivity index (χ1) is 8.63. The summed E-state index contributed by atoms with van der Waals surface area (Å²) in [7, 11) is 0. The molecule has 0 aliphatic heterocycles. The van der Waals surface area contributed by atoms with E-state index in [1.807, 2.05) is 6.92 Å². The van der Waals surface area contributed by atoms with Gasteiger partial charge in [-0.15, -0.1) is 0 Å². The monoisotopic (exact) mass is 249 g/mol. The van der Waals surface area contributed by atoms with Gasteiger partial charge in [0.15, 0.2) is 0 Å². The lowest BCUT2D eigenvalue weighted by molar-refractivity contribution is -0.384. The normalized spacial score (nSPS) is 10.5. The lowest BCUT2D eigenvalue weighted by Crippen LogP contribution is -2.01. The van der Waals surface area contributed by atoms with E-state index in [1.54, 1.807) is 18.2 Å². The van der Waals surface area contributed by atoms with Crippen LogP contribution in [-0.2, 0) is 9.53 Å². The van der Waals surface area contributed by atoms with Crippen molar-refractivity contribution in [3.8, 4) is 0 Å². The second kappa shape index (κ2) is 7.21. The van der Waals surface area contributed by atoms with Gasteiger partial charge < -0.3 is 4.74 Å². The third kappa shape index (κ3) is 4.78. The van der Waals surface area contributed by atoms with Crippen molar-refractivity contribution in [2.45, 2.75) is 19.8 Å². The third-order valence-corrected chi connectivity index (χ3v) is 2.26. The minimum atomic E-state index is -0.466. The number of ether oxygens (including phenoxy) is 1. The van der Waals surface area contributed by atoms with Gasteiger partial charge in [0.1, 0.15) is 0 Å². The maximum Gasteiger partial charge on any atom is 0.330 e. The van der Waals surface area contributed by atoms with Crippen molar-refractivity contribution in [3.63, 3.8) is 0 Å². The molecular formula is C13H15NO4. The Morgan fingerprint density at radius 3 is 2.61 bits per heavy atom. The Kier molecular flexibility index (Phi) is 5.57. The van der Waals surface area contributed by atoms with E-state index in [1.165, 1.54) is 18.2 Å². The first-order valence-electron chi connectivity index (χ1n) is 5.72. The van der Waals surface area contributed by atoms with E-state index < -0.39 is 10.9 Å². The Labute approximate surface area is 105 Å². The summed E-state index contributed by atoms with van der Waals surface area (Å²) >= 11 is 0. The van der Waals surface area contributed by atoms with Crippen LogP contribution >= 0.6 is 0 Å².